The predicted molar refractivity (Wildman–Crippen MR) is 98.4 cm³/mol. The van der Waals surface area contributed by atoms with E-state index >= 15 is 0 Å². The van der Waals surface area contributed by atoms with Gasteiger partial charge in [0.05, 0.1) is 13.7 Å². The number of β-amino-alcohol motifs (C(OH)–C–C–N with tert-alkyl or cyclic N) is 2. The highest BCUT2D eigenvalue weighted by Gasteiger charge is 2.19. The van der Waals surface area contributed by atoms with Crippen LogP contribution in [0.2, 0.25) is 0 Å². The van der Waals surface area contributed by atoms with Crippen molar-refractivity contribution in [3.05, 3.63) is 36.4 Å². The first-order chi connectivity index (χ1) is 12.2. The lowest BCUT2D eigenvalue weighted by molar-refractivity contribution is -0.00100. The Labute approximate surface area is 174 Å². The lowest BCUT2D eigenvalue weighted by Gasteiger charge is -2.35. The standard InChI is InChI=1S/C19H30N2O4.2ClH/c1-3-4-16-5-6-18(19(13-16)24-2)25-15-17(23)14-21-9-7-20(8-10-21)11-12-22;;/h3,5-6,13,17,22-23H,1,4,7-12,14-15H2,2H3;2*1H/p-2. The van der Waals surface area contributed by atoms with Crippen LogP contribution < -0.4 is 34.3 Å². The number of allylic oxidation sites excluding steroid dienone is 1. The molecule has 0 aromatic heterocycles. The van der Waals surface area contributed by atoms with Gasteiger partial charge in [0.25, 0.3) is 0 Å². The molecule has 1 saturated heterocycles. The molecule has 0 bridgehead atoms. The summed E-state index contributed by atoms with van der Waals surface area (Å²) in [5.74, 6) is 1.31. The number of nitrogens with zero attached hydrogens (tertiary/aromatic N) is 2. The Kier molecular flexibility index (Phi) is 13.5. The third-order valence-corrected chi connectivity index (χ3v) is 4.39. The molecule has 156 valence electrons. The summed E-state index contributed by atoms with van der Waals surface area (Å²) in [7, 11) is 1.61. The lowest BCUT2D eigenvalue weighted by atomic mass is 10.1. The molecule has 0 aliphatic carbocycles. The number of rotatable bonds is 10. The van der Waals surface area contributed by atoms with Crippen molar-refractivity contribution in [1.82, 2.24) is 9.80 Å². The molecular formula is C19H30Cl2N2O4-2. The maximum absolute atomic E-state index is 10.3. The summed E-state index contributed by atoms with van der Waals surface area (Å²) in [4.78, 5) is 4.46. The van der Waals surface area contributed by atoms with Gasteiger partial charge >= 0.3 is 0 Å². The summed E-state index contributed by atoms with van der Waals surface area (Å²) in [6.45, 7) is 9.12. The molecule has 6 nitrogen and oxygen atoms in total. The van der Waals surface area contributed by atoms with Crippen molar-refractivity contribution in [3.8, 4) is 11.5 Å². The number of piperazine rings is 1. The van der Waals surface area contributed by atoms with Crippen LogP contribution in [0.1, 0.15) is 5.56 Å². The van der Waals surface area contributed by atoms with Gasteiger partial charge in [-0.05, 0) is 24.1 Å². The van der Waals surface area contributed by atoms with Gasteiger partial charge in [0.2, 0.25) is 0 Å². The van der Waals surface area contributed by atoms with Gasteiger partial charge < -0.3 is 44.5 Å². The molecule has 27 heavy (non-hydrogen) atoms. The van der Waals surface area contributed by atoms with Gasteiger partial charge in [-0.1, -0.05) is 12.1 Å². The predicted octanol–water partition coefficient (Wildman–Crippen LogP) is -5.22. The first-order valence-electron chi connectivity index (χ1n) is 8.80. The normalized spacial score (nSPS) is 16.0. The van der Waals surface area contributed by atoms with Gasteiger partial charge in [0.15, 0.2) is 11.5 Å². The Bertz CT molecular complexity index is 540. The Morgan fingerprint density at radius 2 is 1.81 bits per heavy atom. The van der Waals surface area contributed by atoms with Crippen molar-refractivity contribution in [2.75, 3.05) is 59.6 Å². The SMILES string of the molecule is C=CCc1ccc(OCC(O)CN2CCN(CCO)CC2)c(OC)c1.[Cl-].[Cl-]. The molecule has 1 atom stereocenters. The third-order valence-electron chi connectivity index (χ3n) is 4.39. The highest BCUT2D eigenvalue weighted by Crippen LogP contribution is 2.28. The molecule has 1 heterocycles. The monoisotopic (exact) mass is 420 g/mol. The molecule has 1 aliphatic rings. The zero-order valence-corrected chi connectivity index (χ0v) is 17.3. The van der Waals surface area contributed by atoms with Crippen molar-refractivity contribution in [2.45, 2.75) is 12.5 Å². The van der Waals surface area contributed by atoms with Crippen LogP contribution in [0, 0.1) is 0 Å². The van der Waals surface area contributed by atoms with E-state index in [1.54, 1.807) is 7.11 Å². The number of benzene rings is 1. The molecule has 1 aromatic carbocycles. The molecule has 1 aliphatic heterocycles. The molecular weight excluding hydrogens is 391 g/mol. The molecule has 0 spiro atoms. The zero-order valence-electron chi connectivity index (χ0n) is 15.8. The quantitative estimate of drug-likeness (QED) is 0.369. The van der Waals surface area contributed by atoms with Crippen LogP contribution in [0.25, 0.3) is 0 Å². The van der Waals surface area contributed by atoms with Crippen LogP contribution in [0.15, 0.2) is 30.9 Å². The molecule has 2 N–H and O–H groups in total. The van der Waals surface area contributed by atoms with Crippen molar-refractivity contribution < 1.29 is 44.5 Å². The molecule has 1 aromatic rings. The molecule has 1 fully saturated rings. The van der Waals surface area contributed by atoms with Gasteiger partial charge in [0, 0.05) is 39.3 Å². The summed E-state index contributed by atoms with van der Waals surface area (Å²) >= 11 is 0. The topological polar surface area (TPSA) is 65.4 Å². The van der Waals surface area contributed by atoms with E-state index in [0.29, 0.717) is 18.0 Å². The van der Waals surface area contributed by atoms with E-state index in [4.69, 9.17) is 14.6 Å². The highest BCUT2D eigenvalue weighted by molar-refractivity contribution is 5.43. The Morgan fingerprint density at radius 3 is 2.41 bits per heavy atom. The van der Waals surface area contributed by atoms with Gasteiger partial charge in [-0.3, -0.25) is 9.80 Å². The maximum atomic E-state index is 10.3. The van der Waals surface area contributed by atoms with Crippen molar-refractivity contribution in [3.63, 3.8) is 0 Å². The van der Waals surface area contributed by atoms with Crippen molar-refractivity contribution in [1.29, 1.82) is 0 Å². The van der Waals surface area contributed by atoms with Gasteiger partial charge in [-0.2, -0.15) is 0 Å². The smallest absolute Gasteiger partial charge is 0.161 e. The average molecular weight is 421 g/mol. The average Bonchev–Trinajstić information content (AvgIpc) is 2.62. The largest absolute Gasteiger partial charge is 1.00 e. The van der Waals surface area contributed by atoms with E-state index in [-0.39, 0.29) is 38.0 Å². The lowest BCUT2D eigenvalue weighted by Crippen LogP contribution is -3.00. The highest BCUT2D eigenvalue weighted by atomic mass is 35.5. The number of aliphatic hydroxyl groups is 2. The van der Waals surface area contributed by atoms with Crippen LogP contribution in [-0.4, -0.2) is 85.7 Å². The molecule has 8 heteroatoms. The zero-order chi connectivity index (χ0) is 18.1. The number of hydrogen-bond acceptors (Lipinski definition) is 6. The number of hydrogen-bond donors (Lipinski definition) is 2. The van der Waals surface area contributed by atoms with Gasteiger partial charge in [-0.15, -0.1) is 6.58 Å². The minimum atomic E-state index is -0.554. The van der Waals surface area contributed by atoms with E-state index in [9.17, 15) is 5.11 Å². The second-order valence-corrected chi connectivity index (χ2v) is 6.31. The fourth-order valence-corrected chi connectivity index (χ4v) is 3.00. The minimum absolute atomic E-state index is 0. The molecule has 1 unspecified atom stereocenters. The first kappa shape index (κ1) is 26.0. The van der Waals surface area contributed by atoms with Gasteiger partial charge in [0.1, 0.15) is 12.7 Å². The molecule has 0 saturated carbocycles. The number of methoxy groups -OCH3 is 1. The Balaban J connectivity index is 0.00000338. The summed E-state index contributed by atoms with van der Waals surface area (Å²) in [5.41, 5.74) is 1.11. The van der Waals surface area contributed by atoms with Crippen LogP contribution in [0.4, 0.5) is 0 Å². The van der Waals surface area contributed by atoms with E-state index in [1.165, 1.54) is 0 Å². The summed E-state index contributed by atoms with van der Waals surface area (Å²) in [6, 6.07) is 5.79. The van der Waals surface area contributed by atoms with Crippen LogP contribution >= 0.6 is 0 Å². The van der Waals surface area contributed by atoms with Crippen LogP contribution in [-0.2, 0) is 6.42 Å². The van der Waals surface area contributed by atoms with Gasteiger partial charge in [-0.25, -0.2) is 0 Å². The maximum Gasteiger partial charge on any atom is 0.161 e. The van der Waals surface area contributed by atoms with E-state index in [0.717, 1.165) is 44.7 Å². The van der Waals surface area contributed by atoms with Crippen molar-refractivity contribution in [2.24, 2.45) is 0 Å². The fraction of sp³-hybridized carbons (Fsp3) is 0.579. The van der Waals surface area contributed by atoms with E-state index < -0.39 is 6.10 Å². The molecule has 0 amide bonds. The summed E-state index contributed by atoms with van der Waals surface area (Å²) in [5, 5.41) is 19.2. The Morgan fingerprint density at radius 1 is 1.15 bits per heavy atom. The summed E-state index contributed by atoms with van der Waals surface area (Å²) in [6.07, 6.45) is 2.07. The van der Waals surface area contributed by atoms with Crippen LogP contribution in [0.3, 0.4) is 0 Å². The molecule has 2 rings (SSSR count). The summed E-state index contributed by atoms with van der Waals surface area (Å²) < 4.78 is 11.1. The first-order valence-corrected chi connectivity index (χ1v) is 8.80. The second kappa shape index (κ2) is 14.0. The molecule has 0 radical (unpaired) electrons. The van der Waals surface area contributed by atoms with Crippen molar-refractivity contribution >= 4 is 0 Å². The number of ether oxygens (including phenoxy) is 2. The fourth-order valence-electron chi connectivity index (χ4n) is 3.00. The Hall–Kier alpha value is -1.02. The van der Waals surface area contributed by atoms with E-state index in [1.807, 2.05) is 24.3 Å². The number of aliphatic hydroxyl groups excluding tert-OH is 2. The second-order valence-electron chi connectivity index (χ2n) is 6.31. The van der Waals surface area contributed by atoms with E-state index in [2.05, 4.69) is 16.4 Å². The minimum Gasteiger partial charge on any atom is -1.00 e. The number of halogens is 2. The third kappa shape index (κ3) is 8.68. The van der Waals surface area contributed by atoms with Crippen LogP contribution in [0.5, 0.6) is 11.5 Å².